The molecule has 1 aliphatic heterocycles. The van der Waals surface area contributed by atoms with Crippen LogP contribution in [0.3, 0.4) is 0 Å². The third-order valence-electron chi connectivity index (χ3n) is 3.12. The summed E-state index contributed by atoms with van der Waals surface area (Å²) in [5, 5.41) is 0. The molecule has 2 unspecified atom stereocenters. The molecule has 1 aliphatic rings. The number of hydrogen-bond donors (Lipinski definition) is 0. The summed E-state index contributed by atoms with van der Waals surface area (Å²) in [6.07, 6.45) is 2.89. The van der Waals surface area contributed by atoms with Gasteiger partial charge in [0.05, 0.1) is 0 Å². The molecule has 1 fully saturated rings. The number of carbonyl (C=O) groups is 1. The van der Waals surface area contributed by atoms with Gasteiger partial charge in [-0.1, -0.05) is 19.2 Å². The summed E-state index contributed by atoms with van der Waals surface area (Å²) >= 11 is 0. The molecule has 2 nitrogen and oxygen atoms in total. The van der Waals surface area contributed by atoms with Gasteiger partial charge in [-0.15, -0.1) is 6.58 Å². The van der Waals surface area contributed by atoms with E-state index in [1.54, 1.807) is 0 Å². The van der Waals surface area contributed by atoms with Crippen LogP contribution in [0.25, 0.3) is 0 Å². The van der Waals surface area contributed by atoms with Crippen LogP contribution >= 0.6 is 0 Å². The van der Waals surface area contributed by atoms with E-state index < -0.39 is 8.80 Å². The number of β-lactam (4-membered cyclic amide) rings is 1. The molecule has 1 amide bonds. The summed E-state index contributed by atoms with van der Waals surface area (Å²) in [5.74, 6) is 0.371. The van der Waals surface area contributed by atoms with Crippen LogP contribution in [-0.2, 0) is 4.79 Å². The second-order valence-corrected chi connectivity index (χ2v) is 8.95. The first-order valence-corrected chi connectivity index (χ1v) is 8.72. The van der Waals surface area contributed by atoms with Crippen molar-refractivity contribution in [2.75, 3.05) is 0 Å². The Hall–Kier alpha value is -0.573. The molecule has 0 bridgehead atoms. The van der Waals surface area contributed by atoms with E-state index in [0.717, 1.165) is 6.42 Å². The maximum atomic E-state index is 12.1. The van der Waals surface area contributed by atoms with Gasteiger partial charge < -0.3 is 4.90 Å². The van der Waals surface area contributed by atoms with Gasteiger partial charge in [0.2, 0.25) is 5.91 Å². The Morgan fingerprint density at radius 3 is 2.33 bits per heavy atom. The molecule has 2 atom stereocenters. The van der Waals surface area contributed by atoms with Crippen LogP contribution in [0.5, 0.6) is 0 Å². The first-order valence-electron chi connectivity index (χ1n) is 5.74. The van der Waals surface area contributed by atoms with E-state index in [0.29, 0.717) is 17.5 Å². The standard InChI is InChI=1S/C12H23NOSi/c1-7-8-9-10(15(5)6)11(14)13(9)12(2,3)4/h7,9-10,15H,1,8H2,2-6H3. The first kappa shape index (κ1) is 12.5. The Bertz CT molecular complexity index is 267. The van der Waals surface area contributed by atoms with Crippen molar-refractivity contribution in [2.45, 2.75) is 57.4 Å². The maximum absolute atomic E-state index is 12.1. The molecule has 0 aromatic carbocycles. The van der Waals surface area contributed by atoms with Gasteiger partial charge >= 0.3 is 0 Å². The van der Waals surface area contributed by atoms with E-state index in [2.05, 4.69) is 40.4 Å². The molecule has 15 heavy (non-hydrogen) atoms. The Morgan fingerprint density at radius 1 is 1.47 bits per heavy atom. The molecule has 1 rings (SSSR count). The first-order chi connectivity index (χ1) is 6.80. The predicted octanol–water partition coefficient (Wildman–Crippen LogP) is 2.43. The van der Waals surface area contributed by atoms with E-state index in [1.165, 1.54) is 0 Å². The summed E-state index contributed by atoms with van der Waals surface area (Å²) < 4.78 is 0. The summed E-state index contributed by atoms with van der Waals surface area (Å²) in [5.41, 5.74) is 0.298. The molecule has 1 saturated heterocycles. The van der Waals surface area contributed by atoms with E-state index in [-0.39, 0.29) is 5.54 Å². The van der Waals surface area contributed by atoms with Crippen LogP contribution in [-0.4, -0.2) is 31.2 Å². The molecule has 0 spiro atoms. The van der Waals surface area contributed by atoms with Gasteiger partial charge in [-0.2, -0.15) is 0 Å². The normalized spacial score (nSPS) is 26.8. The molecule has 86 valence electrons. The van der Waals surface area contributed by atoms with Crippen molar-refractivity contribution in [3.63, 3.8) is 0 Å². The van der Waals surface area contributed by atoms with Crippen molar-refractivity contribution in [3.05, 3.63) is 12.7 Å². The van der Waals surface area contributed by atoms with Crippen LogP contribution in [0.1, 0.15) is 27.2 Å². The second kappa shape index (κ2) is 4.12. The molecule has 0 N–H and O–H groups in total. The molecule has 1 heterocycles. The molecule has 0 aromatic heterocycles. The molecular formula is C12H23NOSi. The zero-order chi connectivity index (χ0) is 11.8. The largest absolute Gasteiger partial charge is 0.334 e. The van der Waals surface area contributed by atoms with Crippen LogP contribution in [0, 0.1) is 0 Å². The highest BCUT2D eigenvalue weighted by Gasteiger charge is 2.51. The summed E-state index contributed by atoms with van der Waals surface area (Å²) in [7, 11) is -0.874. The van der Waals surface area contributed by atoms with Crippen LogP contribution in [0.2, 0.25) is 18.6 Å². The van der Waals surface area contributed by atoms with Gasteiger partial charge in [-0.05, 0) is 27.2 Å². The monoisotopic (exact) mass is 225 g/mol. The number of hydrogen-bond acceptors (Lipinski definition) is 1. The summed E-state index contributed by atoms with van der Waals surface area (Å²) in [6, 6.07) is 0.418. The Kier molecular flexibility index (Phi) is 3.43. The fourth-order valence-corrected chi connectivity index (χ4v) is 4.50. The number of rotatable bonds is 3. The van der Waals surface area contributed by atoms with Gasteiger partial charge in [0, 0.05) is 25.9 Å². The Morgan fingerprint density at radius 2 is 2.00 bits per heavy atom. The smallest absolute Gasteiger partial charge is 0.225 e. The van der Waals surface area contributed by atoms with Crippen molar-refractivity contribution in [2.24, 2.45) is 0 Å². The minimum absolute atomic E-state index is 0.0372. The third-order valence-corrected chi connectivity index (χ3v) is 5.28. The van der Waals surface area contributed by atoms with Crippen molar-refractivity contribution in [3.8, 4) is 0 Å². The molecule has 0 saturated carbocycles. The zero-order valence-electron chi connectivity index (χ0n) is 10.6. The lowest BCUT2D eigenvalue weighted by molar-refractivity contribution is -0.153. The third kappa shape index (κ3) is 2.17. The summed E-state index contributed by atoms with van der Waals surface area (Å²) in [4.78, 5) is 14.1. The van der Waals surface area contributed by atoms with E-state index in [4.69, 9.17) is 0 Å². The van der Waals surface area contributed by atoms with Crippen LogP contribution in [0.15, 0.2) is 12.7 Å². The Labute approximate surface area is 95.0 Å². The average molecular weight is 225 g/mol. The van der Waals surface area contributed by atoms with E-state index in [1.807, 2.05) is 11.0 Å². The van der Waals surface area contributed by atoms with Crippen LogP contribution < -0.4 is 0 Å². The van der Waals surface area contributed by atoms with E-state index >= 15 is 0 Å². The SMILES string of the molecule is C=CCC1C([SiH](C)C)C(=O)N1C(C)(C)C. The van der Waals surface area contributed by atoms with Gasteiger partial charge in [0.15, 0.2) is 0 Å². The van der Waals surface area contributed by atoms with Crippen molar-refractivity contribution in [1.29, 1.82) is 0 Å². The highest BCUT2D eigenvalue weighted by molar-refractivity contribution is 6.63. The van der Waals surface area contributed by atoms with Crippen LogP contribution in [0.4, 0.5) is 0 Å². The van der Waals surface area contributed by atoms with Crippen molar-refractivity contribution < 1.29 is 4.79 Å². The predicted molar refractivity (Wildman–Crippen MR) is 67.8 cm³/mol. The number of likely N-dealkylation sites (tertiary alicyclic amines) is 1. The maximum Gasteiger partial charge on any atom is 0.225 e. The number of nitrogens with zero attached hydrogens (tertiary/aromatic N) is 1. The number of carbonyl (C=O) groups excluding carboxylic acids is 1. The highest BCUT2D eigenvalue weighted by Crippen LogP contribution is 2.41. The molecule has 0 aromatic rings. The molecule has 3 heteroatoms. The van der Waals surface area contributed by atoms with Crippen molar-refractivity contribution >= 4 is 14.7 Å². The number of amides is 1. The summed E-state index contributed by atoms with van der Waals surface area (Å²) in [6.45, 7) is 14.7. The second-order valence-electron chi connectivity index (χ2n) is 5.74. The van der Waals surface area contributed by atoms with Gasteiger partial charge in [0.1, 0.15) is 0 Å². The lowest BCUT2D eigenvalue weighted by Crippen LogP contribution is -2.66. The van der Waals surface area contributed by atoms with Gasteiger partial charge in [0.25, 0.3) is 0 Å². The minimum atomic E-state index is -0.874. The molecule has 0 radical (unpaired) electrons. The fourth-order valence-electron chi connectivity index (χ4n) is 2.55. The zero-order valence-corrected chi connectivity index (χ0v) is 11.7. The van der Waals surface area contributed by atoms with Crippen molar-refractivity contribution in [1.82, 2.24) is 4.90 Å². The molecular weight excluding hydrogens is 202 g/mol. The van der Waals surface area contributed by atoms with Gasteiger partial charge in [-0.25, -0.2) is 0 Å². The lowest BCUT2D eigenvalue weighted by Gasteiger charge is -2.55. The van der Waals surface area contributed by atoms with E-state index in [9.17, 15) is 4.79 Å². The fraction of sp³-hybridized carbons (Fsp3) is 0.750. The average Bonchev–Trinajstić information content (AvgIpc) is 1.99. The minimum Gasteiger partial charge on any atom is -0.334 e. The molecule has 0 aliphatic carbocycles. The Balaban J connectivity index is 2.84. The lowest BCUT2D eigenvalue weighted by atomic mass is 9.90. The quantitative estimate of drug-likeness (QED) is 0.410. The highest BCUT2D eigenvalue weighted by atomic mass is 28.3. The van der Waals surface area contributed by atoms with Gasteiger partial charge in [-0.3, -0.25) is 4.79 Å². The topological polar surface area (TPSA) is 20.3 Å².